The fraction of sp³-hybridized carbons (Fsp3) is 0.250. The summed E-state index contributed by atoms with van der Waals surface area (Å²) < 4.78 is 7.14. The summed E-state index contributed by atoms with van der Waals surface area (Å²) in [5.41, 5.74) is 4.07. The van der Waals surface area contributed by atoms with Gasteiger partial charge in [0.15, 0.2) is 4.34 Å². The quantitative estimate of drug-likeness (QED) is 0.122. The second kappa shape index (κ2) is 12.8. The van der Waals surface area contributed by atoms with Crippen molar-refractivity contribution in [2.75, 3.05) is 43.5 Å². The van der Waals surface area contributed by atoms with Gasteiger partial charge in [-0.15, -0.1) is 11.3 Å². The van der Waals surface area contributed by atoms with E-state index in [1.54, 1.807) is 18.3 Å². The van der Waals surface area contributed by atoms with E-state index in [-0.39, 0.29) is 16.5 Å². The molecule has 200 valence electrons. The molecule has 1 aliphatic heterocycles. The lowest BCUT2D eigenvalue weighted by Gasteiger charge is -2.28. The Morgan fingerprint density at radius 2 is 1.97 bits per heavy atom. The van der Waals surface area contributed by atoms with Gasteiger partial charge in [0.1, 0.15) is 5.69 Å². The zero-order valence-corrected chi connectivity index (χ0v) is 22.7. The molecule has 0 unspecified atom stereocenters. The van der Waals surface area contributed by atoms with Gasteiger partial charge in [-0.05, 0) is 41.8 Å². The van der Waals surface area contributed by atoms with Crippen LogP contribution in [0.4, 0.5) is 17.1 Å². The lowest BCUT2D eigenvalue weighted by Crippen LogP contribution is -2.36. The number of amides is 1. The normalized spacial score (nSPS) is 13.7. The third kappa shape index (κ3) is 7.20. The number of nitrogens with one attached hydrogen (secondary N) is 1. The van der Waals surface area contributed by atoms with Gasteiger partial charge in [-0.2, -0.15) is 0 Å². The molecule has 1 amide bonds. The highest BCUT2D eigenvalue weighted by molar-refractivity contribution is 8.01. The zero-order valence-electron chi connectivity index (χ0n) is 21.1. The molecule has 1 fully saturated rings. The van der Waals surface area contributed by atoms with E-state index in [2.05, 4.69) is 15.3 Å². The number of carbonyl (C=O) groups is 1. The van der Waals surface area contributed by atoms with Crippen LogP contribution in [0.5, 0.6) is 0 Å². The van der Waals surface area contributed by atoms with E-state index < -0.39 is 0 Å². The number of nitro benzene ring substituents is 1. The van der Waals surface area contributed by atoms with Gasteiger partial charge in [-0.25, -0.2) is 4.98 Å². The van der Waals surface area contributed by atoms with Crippen LogP contribution in [-0.2, 0) is 16.0 Å². The molecule has 0 radical (unpaired) electrons. The maximum Gasteiger partial charge on any atom is 0.293 e. The minimum absolute atomic E-state index is 0.0193. The topological polar surface area (TPSA) is 110 Å². The molecule has 0 aliphatic carbocycles. The number of nitro groups is 1. The largest absolute Gasteiger partial charge is 0.378 e. The Hall–Kier alpha value is -3.80. The highest BCUT2D eigenvalue weighted by Crippen LogP contribution is 2.33. The number of ether oxygens (including phenoxy) is 1. The average Bonchev–Trinajstić information content (AvgIpc) is 3.38. The predicted molar refractivity (Wildman–Crippen MR) is 157 cm³/mol. The fourth-order valence-corrected chi connectivity index (χ4v) is 6.12. The molecule has 4 aromatic rings. The molecule has 1 aliphatic rings. The Kier molecular flexibility index (Phi) is 8.82. The fourth-order valence-electron chi connectivity index (χ4n) is 4.19. The van der Waals surface area contributed by atoms with Crippen LogP contribution in [0.25, 0.3) is 10.2 Å². The van der Waals surface area contributed by atoms with Crippen LogP contribution in [0.15, 0.2) is 76.1 Å². The summed E-state index contributed by atoms with van der Waals surface area (Å²) >= 11 is 2.93. The van der Waals surface area contributed by atoms with E-state index >= 15 is 0 Å². The molecule has 11 heteroatoms. The standard InChI is InChI=1S/C28H27N5O4S2/c34-27(29-11-10-20-4-2-1-3-5-20)19-38-28-31-23-8-7-22(17-26(23)39-28)30-18-21-6-9-24(25(16-21)33(35)36)32-12-14-37-15-13-32/h1-9,16-18H,10-15,19H2,(H,29,34). The van der Waals surface area contributed by atoms with Crippen molar-refractivity contribution >= 4 is 62.5 Å². The number of fused-ring (bicyclic) bond motifs is 1. The second-order valence-corrected chi connectivity index (χ2v) is 11.1. The van der Waals surface area contributed by atoms with Crippen molar-refractivity contribution in [3.63, 3.8) is 0 Å². The van der Waals surface area contributed by atoms with Crippen molar-refractivity contribution in [3.8, 4) is 0 Å². The van der Waals surface area contributed by atoms with E-state index in [1.807, 2.05) is 59.5 Å². The number of hydrogen-bond donors (Lipinski definition) is 1. The number of thioether (sulfide) groups is 1. The molecule has 0 bridgehead atoms. The Morgan fingerprint density at radius 1 is 1.15 bits per heavy atom. The molecule has 2 heterocycles. The average molecular weight is 562 g/mol. The number of aromatic nitrogens is 1. The summed E-state index contributed by atoms with van der Waals surface area (Å²) in [6.07, 6.45) is 2.43. The van der Waals surface area contributed by atoms with E-state index in [0.29, 0.717) is 49.9 Å². The molecule has 1 N–H and O–H groups in total. The van der Waals surface area contributed by atoms with Crippen LogP contribution in [0.1, 0.15) is 11.1 Å². The van der Waals surface area contributed by atoms with Crippen LogP contribution in [0.3, 0.4) is 0 Å². The van der Waals surface area contributed by atoms with Crippen molar-refractivity contribution in [3.05, 3.63) is 88.0 Å². The molecule has 3 aromatic carbocycles. The Balaban J connectivity index is 1.19. The van der Waals surface area contributed by atoms with Gasteiger partial charge in [0.25, 0.3) is 5.69 Å². The van der Waals surface area contributed by atoms with Crippen molar-refractivity contribution in [2.24, 2.45) is 4.99 Å². The maximum atomic E-state index is 12.2. The van der Waals surface area contributed by atoms with Crippen LogP contribution in [0.2, 0.25) is 0 Å². The highest BCUT2D eigenvalue weighted by Gasteiger charge is 2.21. The summed E-state index contributed by atoms with van der Waals surface area (Å²) in [5.74, 6) is 0.285. The number of nitrogens with zero attached hydrogens (tertiary/aromatic N) is 4. The number of anilines is 1. The molecule has 5 rings (SSSR count). The van der Waals surface area contributed by atoms with E-state index in [1.165, 1.54) is 28.7 Å². The van der Waals surface area contributed by atoms with Gasteiger partial charge in [0.2, 0.25) is 5.91 Å². The molecule has 1 saturated heterocycles. The van der Waals surface area contributed by atoms with Gasteiger partial charge < -0.3 is 15.0 Å². The summed E-state index contributed by atoms with van der Waals surface area (Å²) in [7, 11) is 0. The molecule has 1 aromatic heterocycles. The minimum Gasteiger partial charge on any atom is -0.378 e. The van der Waals surface area contributed by atoms with Crippen molar-refractivity contribution in [1.29, 1.82) is 0 Å². The Morgan fingerprint density at radius 3 is 2.77 bits per heavy atom. The first-order valence-electron chi connectivity index (χ1n) is 12.5. The Labute approximate surface area is 234 Å². The number of benzene rings is 3. The smallest absolute Gasteiger partial charge is 0.293 e. The maximum absolute atomic E-state index is 12.2. The summed E-state index contributed by atoms with van der Waals surface area (Å²) in [5, 5.41) is 14.7. The number of thiazole rings is 1. The van der Waals surface area contributed by atoms with E-state index in [4.69, 9.17) is 4.74 Å². The number of morpholine rings is 1. The van der Waals surface area contributed by atoms with Crippen LogP contribution >= 0.6 is 23.1 Å². The van der Waals surface area contributed by atoms with Gasteiger partial charge in [0.05, 0.1) is 39.8 Å². The lowest BCUT2D eigenvalue weighted by molar-refractivity contribution is -0.384. The third-order valence-electron chi connectivity index (χ3n) is 6.17. The molecule has 39 heavy (non-hydrogen) atoms. The van der Waals surface area contributed by atoms with Gasteiger partial charge >= 0.3 is 0 Å². The molecule has 0 spiro atoms. The van der Waals surface area contributed by atoms with Crippen molar-refractivity contribution < 1.29 is 14.5 Å². The summed E-state index contributed by atoms with van der Waals surface area (Å²) in [4.78, 5) is 34.7. The highest BCUT2D eigenvalue weighted by atomic mass is 32.2. The van der Waals surface area contributed by atoms with Crippen molar-refractivity contribution in [1.82, 2.24) is 10.3 Å². The van der Waals surface area contributed by atoms with Gasteiger partial charge in [-0.3, -0.25) is 19.9 Å². The second-order valence-electron chi connectivity index (χ2n) is 8.87. The third-order valence-corrected chi connectivity index (χ3v) is 8.33. The van der Waals surface area contributed by atoms with Crippen LogP contribution in [-0.4, -0.2) is 60.6 Å². The van der Waals surface area contributed by atoms with Gasteiger partial charge in [-0.1, -0.05) is 48.2 Å². The minimum atomic E-state index is -0.353. The first kappa shape index (κ1) is 26.8. The van der Waals surface area contributed by atoms with E-state index in [9.17, 15) is 14.9 Å². The van der Waals surface area contributed by atoms with Crippen molar-refractivity contribution in [2.45, 2.75) is 10.8 Å². The number of rotatable bonds is 10. The first-order valence-corrected chi connectivity index (χ1v) is 14.3. The zero-order chi connectivity index (χ0) is 27.0. The summed E-state index contributed by atoms with van der Waals surface area (Å²) in [6, 6.07) is 20.9. The Bertz CT molecular complexity index is 1490. The monoisotopic (exact) mass is 561 g/mol. The number of hydrogen-bond acceptors (Lipinski definition) is 9. The summed E-state index contributed by atoms with van der Waals surface area (Å²) in [6.45, 7) is 2.97. The lowest BCUT2D eigenvalue weighted by atomic mass is 10.1. The molecule has 9 nitrogen and oxygen atoms in total. The van der Waals surface area contributed by atoms with Crippen LogP contribution in [0, 0.1) is 10.1 Å². The first-order chi connectivity index (χ1) is 19.0. The SMILES string of the molecule is O=C(CSc1nc2ccc(N=Cc3ccc(N4CCOCC4)c([N+](=O)[O-])c3)cc2s1)NCCc1ccccc1. The molecular formula is C28H27N5O4S2. The van der Waals surface area contributed by atoms with Crippen LogP contribution < -0.4 is 10.2 Å². The molecule has 0 atom stereocenters. The number of aliphatic imine (C=N–C) groups is 1. The van der Waals surface area contributed by atoms with Gasteiger partial charge in [0, 0.05) is 31.9 Å². The number of carbonyl (C=O) groups excluding carboxylic acids is 1. The predicted octanol–water partition coefficient (Wildman–Crippen LogP) is 5.24. The molecular weight excluding hydrogens is 534 g/mol. The molecule has 0 saturated carbocycles. The van der Waals surface area contributed by atoms with E-state index in [0.717, 1.165) is 26.7 Å².